The molecule has 7 heteroatoms. The fourth-order valence-electron chi connectivity index (χ4n) is 2.83. The first kappa shape index (κ1) is 23.9. The summed E-state index contributed by atoms with van der Waals surface area (Å²) in [5.74, 6) is -1.24. The number of ether oxygens (including phenoxy) is 2. The number of carbonyl (C=O) groups excluding carboxylic acids is 3. The molecule has 0 fully saturated rings. The van der Waals surface area contributed by atoms with E-state index in [0.29, 0.717) is 19.4 Å². The van der Waals surface area contributed by atoms with Gasteiger partial charge in [-0.15, -0.1) is 0 Å². The molecule has 0 spiro atoms. The lowest BCUT2D eigenvalue weighted by Crippen LogP contribution is -2.47. The second-order valence-electron chi connectivity index (χ2n) is 7.26. The quantitative estimate of drug-likeness (QED) is 0.538. The van der Waals surface area contributed by atoms with Crippen molar-refractivity contribution in [2.24, 2.45) is 5.92 Å². The van der Waals surface area contributed by atoms with E-state index in [2.05, 4.69) is 10.6 Å². The molecule has 0 heterocycles. The number of esters is 1. The van der Waals surface area contributed by atoms with E-state index in [9.17, 15) is 14.4 Å². The summed E-state index contributed by atoms with van der Waals surface area (Å²) in [6.45, 7) is 3.86. The molecule has 0 aliphatic heterocycles. The molecule has 2 N–H and O–H groups in total. The molecule has 2 aromatic carbocycles. The third kappa shape index (κ3) is 8.90. The summed E-state index contributed by atoms with van der Waals surface area (Å²) >= 11 is 0. The number of benzene rings is 2. The zero-order valence-electron chi connectivity index (χ0n) is 18.0. The molecule has 2 rings (SSSR count). The van der Waals surface area contributed by atoms with Crippen LogP contribution in [0.15, 0.2) is 60.7 Å². The first-order valence-electron chi connectivity index (χ1n) is 10.4. The van der Waals surface area contributed by atoms with Crippen molar-refractivity contribution >= 4 is 18.0 Å². The molecule has 2 atom stereocenters. The minimum Gasteiger partial charge on any atom is -0.454 e. The van der Waals surface area contributed by atoms with Crippen molar-refractivity contribution in [3.63, 3.8) is 0 Å². The lowest BCUT2D eigenvalue weighted by atomic mass is 9.99. The Morgan fingerprint density at radius 2 is 1.52 bits per heavy atom. The normalized spacial score (nSPS) is 12.3. The van der Waals surface area contributed by atoms with Gasteiger partial charge in [-0.3, -0.25) is 4.79 Å². The van der Waals surface area contributed by atoms with Crippen molar-refractivity contribution in [2.75, 3.05) is 13.2 Å². The molecule has 0 radical (unpaired) electrons. The number of rotatable bonds is 11. The zero-order valence-corrected chi connectivity index (χ0v) is 18.0. The summed E-state index contributed by atoms with van der Waals surface area (Å²) in [4.78, 5) is 36.6. The van der Waals surface area contributed by atoms with Gasteiger partial charge in [-0.25, -0.2) is 9.59 Å². The molecule has 2 amide bonds. The second-order valence-corrected chi connectivity index (χ2v) is 7.26. The molecular weight excluding hydrogens is 396 g/mol. The van der Waals surface area contributed by atoms with Crippen LogP contribution in [0.2, 0.25) is 0 Å². The highest BCUT2D eigenvalue weighted by molar-refractivity contribution is 5.84. The van der Waals surface area contributed by atoms with Gasteiger partial charge < -0.3 is 20.1 Å². The van der Waals surface area contributed by atoms with Gasteiger partial charge in [-0.1, -0.05) is 80.9 Å². The lowest BCUT2D eigenvalue weighted by molar-refractivity contribution is -0.151. The maximum absolute atomic E-state index is 12.5. The SMILES string of the molecule is CCC(C)C(NC(=O)OCc1ccccc1)C(=O)OCC(=O)NCCc1ccccc1. The molecule has 0 aliphatic carbocycles. The molecular formula is C24H30N2O5. The van der Waals surface area contributed by atoms with Crippen molar-refractivity contribution in [3.05, 3.63) is 71.8 Å². The van der Waals surface area contributed by atoms with Crippen molar-refractivity contribution in [1.82, 2.24) is 10.6 Å². The summed E-state index contributed by atoms with van der Waals surface area (Å²) in [6, 6.07) is 18.1. The first-order valence-corrected chi connectivity index (χ1v) is 10.4. The van der Waals surface area contributed by atoms with Gasteiger partial charge >= 0.3 is 12.1 Å². The van der Waals surface area contributed by atoms with E-state index in [-0.39, 0.29) is 18.4 Å². The van der Waals surface area contributed by atoms with E-state index in [1.165, 1.54) is 0 Å². The summed E-state index contributed by atoms with van der Waals surface area (Å²) in [7, 11) is 0. The van der Waals surface area contributed by atoms with Gasteiger partial charge in [0.25, 0.3) is 5.91 Å². The van der Waals surface area contributed by atoms with Gasteiger partial charge in [0, 0.05) is 6.54 Å². The van der Waals surface area contributed by atoms with Gasteiger partial charge in [0.2, 0.25) is 0 Å². The number of hydrogen-bond acceptors (Lipinski definition) is 5. The number of alkyl carbamates (subject to hydrolysis) is 1. The fraction of sp³-hybridized carbons (Fsp3) is 0.375. The summed E-state index contributed by atoms with van der Waals surface area (Å²) < 4.78 is 10.3. The Morgan fingerprint density at radius 3 is 2.13 bits per heavy atom. The highest BCUT2D eigenvalue weighted by Crippen LogP contribution is 2.10. The van der Waals surface area contributed by atoms with Crippen LogP contribution in [0, 0.1) is 5.92 Å². The predicted molar refractivity (Wildman–Crippen MR) is 117 cm³/mol. The highest BCUT2D eigenvalue weighted by atomic mass is 16.6. The lowest BCUT2D eigenvalue weighted by Gasteiger charge is -2.22. The molecule has 2 unspecified atom stereocenters. The summed E-state index contributed by atoms with van der Waals surface area (Å²) in [5, 5.41) is 5.28. The Hall–Kier alpha value is -3.35. The van der Waals surface area contributed by atoms with E-state index >= 15 is 0 Å². The van der Waals surface area contributed by atoms with Gasteiger partial charge in [0.15, 0.2) is 6.61 Å². The standard InChI is InChI=1S/C24H30N2O5/c1-3-18(2)22(26-24(29)31-16-20-12-8-5-9-13-20)23(28)30-17-21(27)25-15-14-19-10-6-4-7-11-19/h4-13,18,22H,3,14-17H2,1-2H3,(H,25,27)(H,26,29). The van der Waals surface area contributed by atoms with Gasteiger partial charge in [-0.05, 0) is 23.5 Å². The van der Waals surface area contributed by atoms with Crippen LogP contribution in [0.5, 0.6) is 0 Å². The Balaban J connectivity index is 1.76. The van der Waals surface area contributed by atoms with Gasteiger partial charge in [-0.2, -0.15) is 0 Å². The second kappa shape index (κ2) is 13.1. The van der Waals surface area contributed by atoms with Gasteiger partial charge in [0.1, 0.15) is 12.6 Å². The maximum Gasteiger partial charge on any atom is 0.408 e. The van der Waals surface area contributed by atoms with Crippen LogP contribution in [-0.4, -0.2) is 37.2 Å². The molecule has 31 heavy (non-hydrogen) atoms. The van der Waals surface area contributed by atoms with E-state index < -0.39 is 24.7 Å². The number of carbonyl (C=O) groups is 3. The fourth-order valence-corrected chi connectivity index (χ4v) is 2.83. The van der Waals surface area contributed by atoms with Crippen LogP contribution in [0.1, 0.15) is 31.4 Å². The van der Waals surface area contributed by atoms with E-state index in [4.69, 9.17) is 9.47 Å². The zero-order chi connectivity index (χ0) is 22.5. The summed E-state index contributed by atoms with van der Waals surface area (Å²) in [5.41, 5.74) is 1.95. The molecule has 0 saturated carbocycles. The molecule has 0 aliphatic rings. The van der Waals surface area contributed by atoms with Crippen molar-refractivity contribution in [1.29, 1.82) is 0 Å². The van der Waals surface area contributed by atoms with Crippen LogP contribution in [0.25, 0.3) is 0 Å². The van der Waals surface area contributed by atoms with Crippen molar-refractivity contribution in [3.8, 4) is 0 Å². The Bertz CT molecular complexity index is 826. The molecule has 0 aromatic heterocycles. The molecule has 166 valence electrons. The van der Waals surface area contributed by atoms with E-state index in [1.54, 1.807) is 0 Å². The number of amides is 2. The first-order chi connectivity index (χ1) is 15.0. The summed E-state index contributed by atoms with van der Waals surface area (Å²) in [6.07, 6.45) is 0.616. The van der Waals surface area contributed by atoms with E-state index in [0.717, 1.165) is 11.1 Å². The topological polar surface area (TPSA) is 93.7 Å². The highest BCUT2D eigenvalue weighted by Gasteiger charge is 2.28. The van der Waals surface area contributed by atoms with Crippen LogP contribution in [-0.2, 0) is 32.1 Å². The number of hydrogen-bond donors (Lipinski definition) is 2. The molecule has 2 aromatic rings. The smallest absolute Gasteiger partial charge is 0.408 e. The Kier molecular flexibility index (Phi) is 10.1. The number of nitrogens with one attached hydrogen (secondary N) is 2. The van der Waals surface area contributed by atoms with Crippen LogP contribution < -0.4 is 10.6 Å². The van der Waals surface area contributed by atoms with Crippen molar-refractivity contribution in [2.45, 2.75) is 39.3 Å². The third-order valence-corrected chi connectivity index (χ3v) is 4.88. The van der Waals surface area contributed by atoms with Gasteiger partial charge in [0.05, 0.1) is 0 Å². The molecule has 0 saturated heterocycles. The van der Waals surface area contributed by atoms with Crippen LogP contribution in [0.3, 0.4) is 0 Å². The maximum atomic E-state index is 12.5. The molecule has 0 bridgehead atoms. The Morgan fingerprint density at radius 1 is 0.903 bits per heavy atom. The van der Waals surface area contributed by atoms with Crippen molar-refractivity contribution < 1.29 is 23.9 Å². The van der Waals surface area contributed by atoms with E-state index in [1.807, 2.05) is 74.5 Å². The molecule has 7 nitrogen and oxygen atoms in total. The largest absolute Gasteiger partial charge is 0.454 e. The monoisotopic (exact) mass is 426 g/mol. The average molecular weight is 427 g/mol. The van der Waals surface area contributed by atoms with Crippen LogP contribution >= 0.6 is 0 Å². The third-order valence-electron chi connectivity index (χ3n) is 4.88. The minimum atomic E-state index is -0.898. The van der Waals surface area contributed by atoms with Crippen LogP contribution in [0.4, 0.5) is 4.79 Å². The predicted octanol–water partition coefficient (Wildman–Crippen LogP) is 3.23. The average Bonchev–Trinajstić information content (AvgIpc) is 2.80. The Labute approximate surface area is 183 Å². The minimum absolute atomic E-state index is 0.0960.